The summed E-state index contributed by atoms with van der Waals surface area (Å²) in [5.41, 5.74) is 0.476. The summed E-state index contributed by atoms with van der Waals surface area (Å²) >= 11 is 0. The Morgan fingerprint density at radius 2 is 1.78 bits per heavy atom. The maximum absolute atomic E-state index is 13.6. The van der Waals surface area contributed by atoms with Crippen LogP contribution in [0.4, 0.5) is 20.2 Å². The van der Waals surface area contributed by atoms with Gasteiger partial charge in [0.1, 0.15) is 17.4 Å². The average molecular weight is 377 g/mol. The smallest absolute Gasteiger partial charge is 0.241 e. The molecule has 0 radical (unpaired) electrons. The number of nitrogens with one attached hydrogen (secondary N) is 2. The number of rotatable bonds is 7. The van der Waals surface area contributed by atoms with E-state index in [-0.39, 0.29) is 18.1 Å². The zero-order chi connectivity index (χ0) is 20.0. The first-order valence-corrected chi connectivity index (χ1v) is 8.20. The van der Waals surface area contributed by atoms with Crippen molar-refractivity contribution in [2.24, 2.45) is 0 Å². The number of likely N-dealkylation sites (N-methyl/N-ethyl adjacent to an activating group) is 1. The number of carbonyl (C=O) groups excluding carboxylic acids is 2. The molecule has 0 aromatic heterocycles. The fourth-order valence-corrected chi connectivity index (χ4v) is 2.27. The second kappa shape index (κ2) is 9.09. The van der Waals surface area contributed by atoms with Crippen molar-refractivity contribution >= 4 is 23.2 Å². The van der Waals surface area contributed by atoms with Gasteiger partial charge in [0, 0.05) is 11.8 Å². The predicted molar refractivity (Wildman–Crippen MR) is 98.7 cm³/mol. The van der Waals surface area contributed by atoms with Gasteiger partial charge in [0.2, 0.25) is 11.8 Å². The van der Waals surface area contributed by atoms with Gasteiger partial charge in [-0.1, -0.05) is 0 Å². The Kier molecular flexibility index (Phi) is 6.84. The topological polar surface area (TPSA) is 70.7 Å². The number of hydrogen-bond donors (Lipinski definition) is 2. The molecule has 1 atom stereocenters. The van der Waals surface area contributed by atoms with Crippen molar-refractivity contribution in [1.29, 1.82) is 0 Å². The number of carbonyl (C=O) groups is 2. The van der Waals surface area contributed by atoms with Gasteiger partial charge in [0.25, 0.3) is 0 Å². The number of anilines is 2. The van der Waals surface area contributed by atoms with Crippen LogP contribution in [0.15, 0.2) is 42.5 Å². The van der Waals surface area contributed by atoms with Gasteiger partial charge in [-0.2, -0.15) is 0 Å². The van der Waals surface area contributed by atoms with Crippen LogP contribution in [0.3, 0.4) is 0 Å². The third kappa shape index (κ3) is 5.75. The summed E-state index contributed by atoms with van der Waals surface area (Å²) in [5.74, 6) is -1.75. The summed E-state index contributed by atoms with van der Waals surface area (Å²) in [4.78, 5) is 25.9. The van der Waals surface area contributed by atoms with Gasteiger partial charge in [0.15, 0.2) is 0 Å². The van der Waals surface area contributed by atoms with Crippen LogP contribution in [0.2, 0.25) is 0 Å². The van der Waals surface area contributed by atoms with Gasteiger partial charge < -0.3 is 15.4 Å². The van der Waals surface area contributed by atoms with Crippen LogP contribution in [0.25, 0.3) is 0 Å². The molecule has 0 saturated carbocycles. The highest BCUT2D eigenvalue weighted by Crippen LogP contribution is 2.16. The van der Waals surface area contributed by atoms with Crippen molar-refractivity contribution in [1.82, 2.24) is 4.90 Å². The lowest BCUT2D eigenvalue weighted by atomic mass is 10.2. The summed E-state index contributed by atoms with van der Waals surface area (Å²) in [7, 11) is 3.14. The van der Waals surface area contributed by atoms with E-state index in [1.807, 2.05) is 0 Å². The lowest BCUT2D eigenvalue weighted by Crippen LogP contribution is -2.43. The first kappa shape index (κ1) is 20.3. The molecule has 2 aromatic rings. The second-order valence-corrected chi connectivity index (χ2v) is 5.98. The molecule has 6 nitrogen and oxygen atoms in total. The van der Waals surface area contributed by atoms with E-state index in [1.54, 1.807) is 45.3 Å². The molecular weight excluding hydrogens is 356 g/mol. The maximum Gasteiger partial charge on any atom is 0.241 e. The van der Waals surface area contributed by atoms with E-state index in [0.29, 0.717) is 17.5 Å². The van der Waals surface area contributed by atoms with Crippen molar-refractivity contribution in [3.63, 3.8) is 0 Å². The molecule has 0 fully saturated rings. The number of halogens is 2. The van der Waals surface area contributed by atoms with Gasteiger partial charge >= 0.3 is 0 Å². The van der Waals surface area contributed by atoms with E-state index in [0.717, 1.165) is 12.1 Å². The molecule has 27 heavy (non-hydrogen) atoms. The van der Waals surface area contributed by atoms with E-state index in [2.05, 4.69) is 10.6 Å². The Bertz CT molecular complexity index is 812. The van der Waals surface area contributed by atoms with Gasteiger partial charge in [-0.15, -0.1) is 0 Å². The fourth-order valence-electron chi connectivity index (χ4n) is 2.27. The SMILES string of the molecule is COc1ccc(NC(=O)CN(C)C(C)C(=O)Nc2ccc(F)cc2F)cc1. The fraction of sp³-hybridized carbons (Fsp3) is 0.263. The number of benzene rings is 2. The molecule has 0 aliphatic heterocycles. The molecule has 2 rings (SSSR count). The predicted octanol–water partition coefficient (Wildman–Crippen LogP) is 2.87. The molecule has 0 aliphatic carbocycles. The first-order chi connectivity index (χ1) is 12.8. The summed E-state index contributed by atoms with van der Waals surface area (Å²) in [5, 5.41) is 5.10. The van der Waals surface area contributed by atoms with E-state index >= 15 is 0 Å². The molecule has 2 amide bonds. The molecule has 0 aliphatic rings. The Morgan fingerprint density at radius 3 is 2.37 bits per heavy atom. The highest BCUT2D eigenvalue weighted by molar-refractivity contribution is 5.96. The minimum atomic E-state index is -0.865. The van der Waals surface area contributed by atoms with Crippen LogP contribution in [0, 0.1) is 11.6 Å². The van der Waals surface area contributed by atoms with Gasteiger partial charge in [-0.3, -0.25) is 14.5 Å². The number of ether oxygens (including phenoxy) is 1. The Labute approximate surface area is 156 Å². The quantitative estimate of drug-likeness (QED) is 0.779. The van der Waals surface area contributed by atoms with Crippen molar-refractivity contribution in [3.8, 4) is 5.75 Å². The molecular formula is C19H21F2N3O3. The second-order valence-electron chi connectivity index (χ2n) is 5.98. The Balaban J connectivity index is 1.90. The molecule has 144 valence electrons. The number of amides is 2. The van der Waals surface area contributed by atoms with Crippen molar-refractivity contribution < 1.29 is 23.1 Å². The number of methoxy groups -OCH3 is 1. The van der Waals surface area contributed by atoms with Crippen LogP contribution in [0.5, 0.6) is 5.75 Å². The molecule has 0 bridgehead atoms. The largest absolute Gasteiger partial charge is 0.497 e. The third-order valence-electron chi connectivity index (χ3n) is 4.00. The third-order valence-corrected chi connectivity index (χ3v) is 4.00. The Morgan fingerprint density at radius 1 is 1.11 bits per heavy atom. The summed E-state index contributed by atoms with van der Waals surface area (Å²) in [6, 6.07) is 9.00. The summed E-state index contributed by atoms with van der Waals surface area (Å²) < 4.78 is 31.6. The molecule has 2 N–H and O–H groups in total. The Hall–Kier alpha value is -3.00. The normalized spacial score (nSPS) is 11.8. The summed E-state index contributed by atoms with van der Waals surface area (Å²) in [6.07, 6.45) is 0. The van der Waals surface area contributed by atoms with Gasteiger partial charge in [-0.25, -0.2) is 8.78 Å². The van der Waals surface area contributed by atoms with E-state index in [9.17, 15) is 18.4 Å². The number of hydrogen-bond acceptors (Lipinski definition) is 4. The van der Waals surface area contributed by atoms with Crippen molar-refractivity contribution in [2.75, 3.05) is 31.3 Å². The van der Waals surface area contributed by atoms with Crippen LogP contribution in [-0.4, -0.2) is 43.5 Å². The zero-order valence-corrected chi connectivity index (χ0v) is 15.3. The standard InChI is InChI=1S/C19H21F2N3O3/c1-12(19(26)23-17-9-4-13(20)10-16(17)21)24(2)11-18(25)22-14-5-7-15(27-3)8-6-14/h4-10,12H,11H2,1-3H3,(H,22,25)(H,23,26). The number of nitrogens with zero attached hydrogens (tertiary/aromatic N) is 1. The maximum atomic E-state index is 13.6. The molecule has 1 unspecified atom stereocenters. The summed E-state index contributed by atoms with van der Waals surface area (Å²) in [6.45, 7) is 1.53. The molecule has 8 heteroatoms. The minimum Gasteiger partial charge on any atom is -0.497 e. The van der Waals surface area contributed by atoms with E-state index in [4.69, 9.17) is 4.74 Å². The molecule has 0 heterocycles. The van der Waals surface area contributed by atoms with Crippen LogP contribution in [0.1, 0.15) is 6.92 Å². The molecule has 2 aromatic carbocycles. The van der Waals surface area contributed by atoms with E-state index < -0.39 is 23.6 Å². The van der Waals surface area contributed by atoms with Gasteiger partial charge in [-0.05, 0) is 50.4 Å². The highest BCUT2D eigenvalue weighted by atomic mass is 19.1. The van der Waals surface area contributed by atoms with Crippen molar-refractivity contribution in [2.45, 2.75) is 13.0 Å². The van der Waals surface area contributed by atoms with Crippen LogP contribution in [-0.2, 0) is 9.59 Å². The zero-order valence-electron chi connectivity index (χ0n) is 15.3. The lowest BCUT2D eigenvalue weighted by molar-refractivity contribution is -0.122. The van der Waals surface area contributed by atoms with Crippen LogP contribution >= 0.6 is 0 Å². The lowest BCUT2D eigenvalue weighted by Gasteiger charge is -2.23. The first-order valence-electron chi connectivity index (χ1n) is 8.20. The molecule has 0 saturated heterocycles. The van der Waals surface area contributed by atoms with Gasteiger partial charge in [0.05, 0.1) is 25.4 Å². The average Bonchev–Trinajstić information content (AvgIpc) is 2.63. The molecule has 0 spiro atoms. The van der Waals surface area contributed by atoms with E-state index in [1.165, 1.54) is 4.90 Å². The highest BCUT2D eigenvalue weighted by Gasteiger charge is 2.21. The van der Waals surface area contributed by atoms with Crippen molar-refractivity contribution in [3.05, 3.63) is 54.1 Å². The monoisotopic (exact) mass is 377 g/mol. The van der Waals surface area contributed by atoms with Crippen LogP contribution < -0.4 is 15.4 Å². The minimum absolute atomic E-state index is 0.0491.